The molecule has 0 aliphatic heterocycles. The summed E-state index contributed by atoms with van der Waals surface area (Å²) in [6, 6.07) is 0. The predicted octanol–water partition coefficient (Wildman–Crippen LogP) is 6.94. The molecule has 2 aromatic heterocycles. The summed E-state index contributed by atoms with van der Waals surface area (Å²) in [4.78, 5) is 31.6. The van der Waals surface area contributed by atoms with E-state index in [9.17, 15) is 4.57 Å². The summed E-state index contributed by atoms with van der Waals surface area (Å²) in [7, 11) is -4.20. The highest BCUT2D eigenvalue weighted by atomic mass is 31.2. The Hall–Kier alpha value is -1.58. The van der Waals surface area contributed by atoms with E-state index in [0.29, 0.717) is 48.8 Å². The third kappa shape index (κ3) is 15.5. The summed E-state index contributed by atoms with van der Waals surface area (Å²) in [5.41, 5.74) is 7.33. The lowest BCUT2D eigenvalue weighted by Gasteiger charge is -2.10. The number of aromatic nitrogens is 4. The van der Waals surface area contributed by atoms with Crippen LogP contribution in [0.2, 0.25) is 0 Å². The number of unbranched alkanes of at least 4 members (excludes halogenated alkanes) is 15. The molecule has 0 fully saturated rings. The van der Waals surface area contributed by atoms with Crippen LogP contribution in [0.5, 0.6) is 0 Å². The van der Waals surface area contributed by atoms with Gasteiger partial charge in [0.1, 0.15) is 18.0 Å². The van der Waals surface area contributed by atoms with Gasteiger partial charge in [-0.05, 0) is 6.42 Å². The molecule has 0 spiro atoms. The number of imidazole rings is 1. The average Bonchev–Trinajstić information content (AvgIpc) is 3.30. The zero-order chi connectivity index (χ0) is 29.8. The largest absolute Gasteiger partial charge is 0.382 e. The molecule has 0 saturated heterocycles. The maximum absolute atomic E-state index is 11.0. The van der Waals surface area contributed by atoms with E-state index < -0.39 is 13.9 Å². The molecular weight excluding hydrogens is 541 g/mol. The number of nitrogen functional groups attached to an aromatic ring is 1. The Morgan fingerprint density at radius 1 is 0.732 bits per heavy atom. The summed E-state index contributed by atoms with van der Waals surface area (Å²) in [5.74, 6) is 1.70. The van der Waals surface area contributed by atoms with Crippen molar-refractivity contribution < 1.29 is 23.8 Å². The highest BCUT2D eigenvalue weighted by molar-refractivity contribution is 7.51. The van der Waals surface area contributed by atoms with Gasteiger partial charge in [0.05, 0.1) is 13.2 Å². The molecule has 0 aliphatic carbocycles. The normalized spacial score (nSPS) is 12.1. The predicted molar refractivity (Wildman–Crippen MR) is 166 cm³/mol. The van der Waals surface area contributed by atoms with E-state index in [1.54, 1.807) is 0 Å². The van der Waals surface area contributed by atoms with Crippen LogP contribution < -0.4 is 5.73 Å². The van der Waals surface area contributed by atoms with E-state index in [0.717, 1.165) is 18.9 Å². The molecule has 41 heavy (non-hydrogen) atoms. The van der Waals surface area contributed by atoms with E-state index in [1.807, 2.05) is 11.5 Å². The molecule has 0 radical (unpaired) electrons. The molecule has 0 aromatic carbocycles. The van der Waals surface area contributed by atoms with Gasteiger partial charge in [-0.25, -0.2) is 15.0 Å². The third-order valence-corrected chi connectivity index (χ3v) is 7.91. The Morgan fingerprint density at radius 2 is 1.29 bits per heavy atom. The van der Waals surface area contributed by atoms with Gasteiger partial charge in [-0.3, -0.25) is 4.57 Å². The lowest BCUT2D eigenvalue weighted by molar-refractivity contribution is 0.131. The molecule has 236 valence electrons. The van der Waals surface area contributed by atoms with E-state index in [1.165, 1.54) is 96.3 Å². The van der Waals surface area contributed by atoms with Crippen molar-refractivity contribution in [3.63, 3.8) is 0 Å². The van der Waals surface area contributed by atoms with E-state index in [2.05, 4.69) is 21.9 Å². The number of hydrogen-bond donors (Lipinski definition) is 3. The topological polar surface area (TPSA) is 146 Å². The van der Waals surface area contributed by atoms with Crippen molar-refractivity contribution in [3.05, 3.63) is 11.6 Å². The Balaban J connectivity index is 1.55. The van der Waals surface area contributed by atoms with Crippen molar-refractivity contribution in [2.45, 2.75) is 136 Å². The molecule has 0 bridgehead atoms. The van der Waals surface area contributed by atoms with Gasteiger partial charge in [-0.2, -0.15) is 0 Å². The van der Waals surface area contributed by atoms with Crippen LogP contribution in [0, 0.1) is 0 Å². The number of ether oxygens (including phenoxy) is 2. The van der Waals surface area contributed by atoms with Crippen molar-refractivity contribution in [2.75, 3.05) is 31.9 Å². The quantitative estimate of drug-likeness (QED) is 0.0775. The van der Waals surface area contributed by atoms with Crippen molar-refractivity contribution >= 4 is 24.6 Å². The van der Waals surface area contributed by atoms with E-state index >= 15 is 0 Å². The molecule has 0 atom stereocenters. The highest BCUT2D eigenvalue weighted by Crippen LogP contribution is 2.33. The van der Waals surface area contributed by atoms with Crippen LogP contribution >= 0.6 is 7.60 Å². The summed E-state index contributed by atoms with van der Waals surface area (Å²) >= 11 is 0. The van der Waals surface area contributed by atoms with Crippen LogP contribution in [0.15, 0.2) is 0 Å². The lowest BCUT2D eigenvalue weighted by Crippen LogP contribution is -2.12. The maximum atomic E-state index is 11.0. The van der Waals surface area contributed by atoms with Crippen molar-refractivity contribution in [1.82, 2.24) is 19.5 Å². The minimum Gasteiger partial charge on any atom is -0.382 e. The molecule has 10 nitrogen and oxygen atoms in total. The van der Waals surface area contributed by atoms with Crippen LogP contribution in [0.3, 0.4) is 0 Å². The molecule has 0 aliphatic rings. The van der Waals surface area contributed by atoms with Gasteiger partial charge < -0.3 is 29.6 Å². The molecule has 0 amide bonds. The molecule has 2 aromatic rings. The fourth-order valence-corrected chi connectivity index (χ4v) is 5.45. The summed E-state index contributed by atoms with van der Waals surface area (Å²) in [5, 5.41) is 0. The van der Waals surface area contributed by atoms with Gasteiger partial charge in [-0.15, -0.1) is 0 Å². The number of anilines is 1. The summed E-state index contributed by atoms with van der Waals surface area (Å²) < 4.78 is 23.9. The first-order chi connectivity index (χ1) is 19.9. The third-order valence-electron chi connectivity index (χ3n) is 7.39. The molecule has 4 N–H and O–H groups in total. The summed E-state index contributed by atoms with van der Waals surface area (Å²) in [6.07, 6.45) is 22.3. The Bertz CT molecular complexity index is 1010. The van der Waals surface area contributed by atoms with Crippen LogP contribution in [0.4, 0.5) is 5.82 Å². The standard InChI is InChI=1S/C30H56N5O5P/c1-3-5-6-7-8-9-10-11-12-13-14-15-16-17-18-19-22-39-23-20-26-32-29(31)28-30(33-26)35(27(4-2)34-28)21-24-40-25-41(36,37)38/h3-25H2,1-2H3,(H2,31,32,33)(H2,36,37,38). The fraction of sp³-hybridized carbons (Fsp3) is 0.833. The van der Waals surface area contributed by atoms with Gasteiger partial charge in [0.25, 0.3) is 0 Å². The van der Waals surface area contributed by atoms with Crippen LogP contribution in [-0.2, 0) is 33.4 Å². The molecule has 11 heteroatoms. The van der Waals surface area contributed by atoms with Gasteiger partial charge in [-0.1, -0.05) is 110 Å². The van der Waals surface area contributed by atoms with E-state index in [4.69, 9.17) is 25.0 Å². The van der Waals surface area contributed by atoms with Crippen molar-refractivity contribution in [1.29, 1.82) is 0 Å². The first-order valence-electron chi connectivity index (χ1n) is 16.1. The summed E-state index contributed by atoms with van der Waals surface area (Å²) in [6.45, 7) is 6.02. The lowest BCUT2D eigenvalue weighted by atomic mass is 10.0. The Labute approximate surface area is 247 Å². The molecule has 0 saturated carbocycles. The first-order valence-corrected chi connectivity index (χ1v) is 17.9. The number of fused-ring (bicyclic) bond motifs is 1. The minimum atomic E-state index is -4.20. The first kappa shape index (κ1) is 35.6. The Morgan fingerprint density at radius 3 is 1.83 bits per heavy atom. The molecule has 0 unspecified atom stereocenters. The van der Waals surface area contributed by atoms with Gasteiger partial charge in [0, 0.05) is 26.0 Å². The van der Waals surface area contributed by atoms with Crippen LogP contribution in [-0.4, -0.2) is 55.5 Å². The maximum Gasteiger partial charge on any atom is 0.350 e. The number of rotatable bonds is 26. The minimum absolute atomic E-state index is 0.130. The van der Waals surface area contributed by atoms with Gasteiger partial charge in [0.2, 0.25) is 0 Å². The van der Waals surface area contributed by atoms with Gasteiger partial charge in [0.15, 0.2) is 17.0 Å². The Kier molecular flexibility index (Phi) is 18.4. The zero-order valence-electron chi connectivity index (χ0n) is 25.7. The number of nitrogens with zero attached hydrogens (tertiary/aromatic N) is 4. The van der Waals surface area contributed by atoms with Gasteiger partial charge >= 0.3 is 7.60 Å². The number of aryl methyl sites for hydroxylation is 1. The van der Waals surface area contributed by atoms with Crippen LogP contribution in [0.1, 0.15) is 128 Å². The SMILES string of the molecule is CCCCCCCCCCCCCCCCCCOCCc1nc(N)c2nc(CC)n(CCOCP(=O)(O)O)c2n1. The smallest absolute Gasteiger partial charge is 0.350 e. The molecule has 2 rings (SSSR count). The molecular formula is C30H56N5O5P. The second kappa shape index (κ2) is 21.2. The monoisotopic (exact) mass is 597 g/mol. The second-order valence-electron chi connectivity index (χ2n) is 11.1. The van der Waals surface area contributed by atoms with Crippen LogP contribution in [0.25, 0.3) is 11.2 Å². The number of nitrogens with two attached hydrogens (primary N) is 1. The van der Waals surface area contributed by atoms with Crippen molar-refractivity contribution in [3.8, 4) is 0 Å². The van der Waals surface area contributed by atoms with Crippen molar-refractivity contribution in [2.24, 2.45) is 0 Å². The fourth-order valence-electron chi connectivity index (χ4n) is 5.09. The van der Waals surface area contributed by atoms with E-state index in [-0.39, 0.29) is 6.61 Å². The average molecular weight is 598 g/mol. The highest BCUT2D eigenvalue weighted by Gasteiger charge is 2.17. The second-order valence-corrected chi connectivity index (χ2v) is 12.7. The number of hydrogen-bond acceptors (Lipinski definition) is 7. The molecule has 2 heterocycles. The zero-order valence-corrected chi connectivity index (χ0v) is 26.6.